The van der Waals surface area contributed by atoms with Gasteiger partial charge in [0.05, 0.1) is 25.7 Å². The molecule has 0 atom stereocenters. The van der Waals surface area contributed by atoms with Crippen LogP contribution in [0.15, 0.2) is 108 Å². The Labute approximate surface area is 287 Å². The highest BCUT2D eigenvalue weighted by molar-refractivity contribution is 8.00. The Morgan fingerprint density at radius 1 is 0.833 bits per heavy atom. The number of thioether (sulfide) groups is 1. The molecule has 0 saturated carbocycles. The number of nitrogens with zero attached hydrogens (tertiary/aromatic N) is 1. The number of nitrogens with one attached hydrogen (secondary N) is 3. The number of carbonyl (C=O) groups excluding carboxylic acids is 3. The summed E-state index contributed by atoms with van der Waals surface area (Å²) in [5.41, 5.74) is 4.63. The van der Waals surface area contributed by atoms with Gasteiger partial charge in [0.2, 0.25) is 5.91 Å². The Balaban J connectivity index is 1.22. The summed E-state index contributed by atoms with van der Waals surface area (Å²) in [4.78, 5) is 45.7. The number of anilines is 2. The Kier molecular flexibility index (Phi) is 11.3. The highest BCUT2D eigenvalue weighted by Gasteiger charge is 2.17. The van der Waals surface area contributed by atoms with E-state index in [2.05, 4.69) is 20.9 Å². The van der Waals surface area contributed by atoms with E-state index in [0.717, 1.165) is 21.0 Å². The summed E-state index contributed by atoms with van der Waals surface area (Å²) in [5, 5.41) is 9.04. The van der Waals surface area contributed by atoms with Gasteiger partial charge in [-0.25, -0.2) is 4.98 Å². The highest BCUT2D eigenvalue weighted by atomic mass is 32.2. The smallest absolute Gasteiger partial charge is 0.272 e. The van der Waals surface area contributed by atoms with Crippen molar-refractivity contribution < 1.29 is 23.9 Å². The van der Waals surface area contributed by atoms with Gasteiger partial charge in [-0.1, -0.05) is 54.1 Å². The molecule has 48 heavy (non-hydrogen) atoms. The monoisotopic (exact) mass is 678 g/mol. The average molecular weight is 679 g/mol. The van der Waals surface area contributed by atoms with E-state index in [-0.39, 0.29) is 17.4 Å². The Hall–Kier alpha value is -5.39. The van der Waals surface area contributed by atoms with Crippen molar-refractivity contribution in [3.05, 3.63) is 124 Å². The molecular weight excluding hydrogens is 645 g/mol. The van der Waals surface area contributed by atoms with Gasteiger partial charge in [-0.3, -0.25) is 14.4 Å². The van der Waals surface area contributed by atoms with Gasteiger partial charge in [-0.05, 0) is 74.0 Å². The molecule has 4 aromatic carbocycles. The van der Waals surface area contributed by atoms with Crippen LogP contribution in [0, 0.1) is 13.8 Å². The van der Waals surface area contributed by atoms with Crippen molar-refractivity contribution in [3.63, 3.8) is 0 Å². The third kappa shape index (κ3) is 8.90. The van der Waals surface area contributed by atoms with Crippen molar-refractivity contribution in [1.29, 1.82) is 0 Å². The number of aryl methyl sites for hydroxylation is 2. The van der Waals surface area contributed by atoms with Gasteiger partial charge in [0.1, 0.15) is 5.70 Å². The van der Waals surface area contributed by atoms with E-state index in [1.54, 1.807) is 60.7 Å². The lowest BCUT2D eigenvalue weighted by molar-refractivity contribution is -0.114. The lowest BCUT2D eigenvalue weighted by Crippen LogP contribution is -2.30. The highest BCUT2D eigenvalue weighted by Crippen LogP contribution is 2.31. The van der Waals surface area contributed by atoms with Gasteiger partial charge in [0.25, 0.3) is 11.8 Å². The molecule has 9 nitrogen and oxygen atoms in total. The predicted octanol–water partition coefficient (Wildman–Crippen LogP) is 7.58. The van der Waals surface area contributed by atoms with Crippen LogP contribution in [0.3, 0.4) is 0 Å². The van der Waals surface area contributed by atoms with Crippen LogP contribution in [0.1, 0.15) is 26.4 Å². The third-order valence-electron chi connectivity index (χ3n) is 7.10. The van der Waals surface area contributed by atoms with E-state index < -0.39 is 11.8 Å². The van der Waals surface area contributed by atoms with Gasteiger partial charge in [0.15, 0.2) is 16.6 Å². The second-order valence-corrected chi connectivity index (χ2v) is 12.8. The topological polar surface area (TPSA) is 119 Å². The molecule has 0 fully saturated rings. The molecule has 3 N–H and O–H groups in total. The number of benzene rings is 4. The number of carbonyl (C=O) groups is 3. The summed E-state index contributed by atoms with van der Waals surface area (Å²) >= 11 is 2.81. The van der Waals surface area contributed by atoms with Crippen LogP contribution in [0.4, 0.5) is 10.8 Å². The molecule has 3 amide bonds. The summed E-state index contributed by atoms with van der Waals surface area (Å²) in [6.45, 7) is 4.03. The minimum atomic E-state index is -0.516. The summed E-state index contributed by atoms with van der Waals surface area (Å²) < 4.78 is 10.7. The van der Waals surface area contributed by atoms with E-state index in [1.165, 1.54) is 42.9 Å². The van der Waals surface area contributed by atoms with Gasteiger partial charge in [-0.2, -0.15) is 0 Å². The summed E-state index contributed by atoms with van der Waals surface area (Å²) in [6.07, 6.45) is 1.56. The average Bonchev–Trinajstić information content (AvgIpc) is 3.47. The minimum Gasteiger partial charge on any atom is -0.493 e. The zero-order valence-corrected chi connectivity index (χ0v) is 28.5. The molecule has 0 radical (unpaired) electrons. The quantitative estimate of drug-likeness (QED) is 0.0920. The zero-order valence-electron chi connectivity index (χ0n) is 26.8. The Morgan fingerprint density at radius 2 is 1.54 bits per heavy atom. The van der Waals surface area contributed by atoms with Gasteiger partial charge in [-0.15, -0.1) is 23.1 Å². The molecule has 0 unspecified atom stereocenters. The zero-order chi connectivity index (χ0) is 34.0. The molecule has 5 rings (SSSR count). The fourth-order valence-corrected chi connectivity index (χ4v) is 6.17. The first-order chi connectivity index (χ1) is 23.2. The number of hydrogen-bond acceptors (Lipinski definition) is 8. The lowest BCUT2D eigenvalue weighted by atomic mass is 10.1. The SMILES string of the molecule is COc1ccc(/C=C(\NC(=O)c2ccccc2)C(=O)Nc2ccc(SCC(=O)Nc3nc(-c4ccc(C)cc4)c(C)s3)cc2)cc1OC. The molecule has 1 aromatic heterocycles. The second-order valence-electron chi connectivity index (χ2n) is 10.6. The van der Waals surface area contributed by atoms with Crippen molar-refractivity contribution in [1.82, 2.24) is 10.3 Å². The first kappa shape index (κ1) is 34.0. The largest absolute Gasteiger partial charge is 0.493 e. The van der Waals surface area contributed by atoms with Crippen LogP contribution in [0.2, 0.25) is 0 Å². The number of thiazole rings is 1. The van der Waals surface area contributed by atoms with E-state index >= 15 is 0 Å². The fraction of sp³-hybridized carbons (Fsp3) is 0.135. The second kappa shape index (κ2) is 15.9. The molecule has 0 aliphatic carbocycles. The molecule has 244 valence electrons. The Morgan fingerprint density at radius 3 is 2.23 bits per heavy atom. The number of methoxy groups -OCH3 is 2. The van der Waals surface area contributed by atoms with Crippen LogP contribution >= 0.6 is 23.1 Å². The fourth-order valence-electron chi connectivity index (χ4n) is 4.62. The van der Waals surface area contributed by atoms with Crippen LogP contribution in [-0.2, 0) is 9.59 Å². The number of aromatic nitrogens is 1. The van der Waals surface area contributed by atoms with Crippen LogP contribution in [-0.4, -0.2) is 42.7 Å². The first-order valence-corrected chi connectivity index (χ1v) is 16.7. The maximum absolute atomic E-state index is 13.5. The first-order valence-electron chi connectivity index (χ1n) is 14.9. The van der Waals surface area contributed by atoms with Crippen LogP contribution in [0.25, 0.3) is 17.3 Å². The molecular formula is C37H34N4O5S2. The summed E-state index contributed by atoms with van der Waals surface area (Å²) in [7, 11) is 3.06. The molecule has 5 aromatic rings. The summed E-state index contributed by atoms with van der Waals surface area (Å²) in [6, 6.07) is 29.1. The lowest BCUT2D eigenvalue weighted by Gasteiger charge is -2.13. The molecule has 11 heteroatoms. The maximum atomic E-state index is 13.5. The van der Waals surface area contributed by atoms with Crippen molar-refractivity contribution >= 4 is 57.7 Å². The molecule has 0 bridgehead atoms. The number of amides is 3. The standard InChI is InChI=1S/C37H34N4O5S2/c1-23-10-13-26(14-11-23)34-24(2)48-37(41-34)40-33(42)22-47-29-17-15-28(16-18-29)38-36(44)30(39-35(43)27-8-6-5-7-9-27)20-25-12-19-31(45-3)32(21-25)46-4/h5-21H,22H2,1-4H3,(H,38,44)(H,39,43)(H,40,41,42)/b30-20-. The van der Waals surface area contributed by atoms with E-state index in [1.807, 2.05) is 56.3 Å². The minimum absolute atomic E-state index is 0.0363. The number of hydrogen-bond donors (Lipinski definition) is 3. The Bertz CT molecular complexity index is 1940. The van der Waals surface area contributed by atoms with Crippen molar-refractivity contribution in [2.75, 3.05) is 30.6 Å². The third-order valence-corrected chi connectivity index (χ3v) is 9.00. The molecule has 1 heterocycles. The number of ether oxygens (including phenoxy) is 2. The van der Waals surface area contributed by atoms with E-state index in [4.69, 9.17) is 9.47 Å². The van der Waals surface area contributed by atoms with Crippen molar-refractivity contribution in [3.8, 4) is 22.8 Å². The van der Waals surface area contributed by atoms with Crippen LogP contribution < -0.4 is 25.4 Å². The predicted molar refractivity (Wildman–Crippen MR) is 193 cm³/mol. The van der Waals surface area contributed by atoms with Gasteiger partial charge < -0.3 is 25.4 Å². The van der Waals surface area contributed by atoms with E-state index in [0.29, 0.717) is 33.4 Å². The van der Waals surface area contributed by atoms with Gasteiger partial charge in [0, 0.05) is 26.6 Å². The summed E-state index contributed by atoms with van der Waals surface area (Å²) in [5.74, 6) is 0.0967. The van der Waals surface area contributed by atoms with Crippen molar-refractivity contribution in [2.45, 2.75) is 18.7 Å². The van der Waals surface area contributed by atoms with Gasteiger partial charge >= 0.3 is 0 Å². The normalized spacial score (nSPS) is 11.0. The van der Waals surface area contributed by atoms with Crippen LogP contribution in [0.5, 0.6) is 11.5 Å². The van der Waals surface area contributed by atoms with Crippen molar-refractivity contribution in [2.24, 2.45) is 0 Å². The molecule has 0 spiro atoms. The molecule has 0 aliphatic heterocycles. The maximum Gasteiger partial charge on any atom is 0.272 e. The van der Waals surface area contributed by atoms with E-state index in [9.17, 15) is 14.4 Å². The number of rotatable bonds is 12. The molecule has 0 saturated heterocycles. The molecule has 0 aliphatic rings.